The highest BCUT2D eigenvalue weighted by molar-refractivity contribution is 7.90. The fraction of sp³-hybridized carbons (Fsp3) is 0.857. The molecule has 0 bridgehead atoms. The Balaban J connectivity index is 2.61. The van der Waals surface area contributed by atoms with Crippen LogP contribution >= 0.6 is 0 Å². The third-order valence-corrected chi connectivity index (χ3v) is 4.19. The Morgan fingerprint density at radius 2 is 2.23 bits per heavy atom. The van der Waals surface area contributed by atoms with Gasteiger partial charge in [0.15, 0.2) is 5.25 Å². The zero-order valence-electron chi connectivity index (χ0n) is 7.34. The highest BCUT2D eigenvalue weighted by Gasteiger charge is 2.38. The van der Waals surface area contributed by atoms with Crippen molar-refractivity contribution in [1.29, 1.82) is 5.26 Å². The van der Waals surface area contributed by atoms with Gasteiger partial charge in [-0.3, -0.25) is 0 Å². The number of nitriles is 1. The zero-order chi connectivity index (χ0) is 10.1. The van der Waals surface area contributed by atoms with Crippen molar-refractivity contribution in [3.8, 4) is 6.07 Å². The first kappa shape index (κ1) is 10.4. The van der Waals surface area contributed by atoms with Crippen molar-refractivity contribution < 1.29 is 13.5 Å². The molecule has 1 rings (SSSR count). The van der Waals surface area contributed by atoms with Gasteiger partial charge >= 0.3 is 0 Å². The SMILES string of the molecule is CC(C#N)S(=O)(=O)N1CC(CO)C1. The van der Waals surface area contributed by atoms with E-state index in [0.29, 0.717) is 13.1 Å². The van der Waals surface area contributed by atoms with E-state index in [1.807, 2.05) is 0 Å². The summed E-state index contributed by atoms with van der Waals surface area (Å²) in [5.74, 6) is 0.0423. The second-order valence-corrected chi connectivity index (χ2v) is 5.44. The lowest BCUT2D eigenvalue weighted by Gasteiger charge is -2.37. The number of sulfonamides is 1. The fourth-order valence-corrected chi connectivity index (χ4v) is 2.55. The van der Waals surface area contributed by atoms with Crippen molar-refractivity contribution in [2.45, 2.75) is 12.2 Å². The van der Waals surface area contributed by atoms with E-state index in [1.54, 1.807) is 6.07 Å². The number of nitrogens with zero attached hydrogens (tertiary/aromatic N) is 2. The summed E-state index contributed by atoms with van der Waals surface area (Å²) in [4.78, 5) is 0. The minimum atomic E-state index is -3.43. The Morgan fingerprint density at radius 1 is 1.69 bits per heavy atom. The summed E-state index contributed by atoms with van der Waals surface area (Å²) in [7, 11) is -3.43. The predicted molar refractivity (Wildman–Crippen MR) is 46.1 cm³/mol. The van der Waals surface area contributed by atoms with Gasteiger partial charge in [-0.25, -0.2) is 8.42 Å². The third kappa shape index (κ3) is 1.82. The molecule has 0 saturated carbocycles. The molecule has 0 spiro atoms. The molecule has 1 aliphatic heterocycles. The standard InChI is InChI=1S/C7H12N2O3S/c1-6(2-8)13(11,12)9-3-7(4-9)5-10/h6-7,10H,3-5H2,1H3. The van der Waals surface area contributed by atoms with Gasteiger partial charge in [0, 0.05) is 25.6 Å². The van der Waals surface area contributed by atoms with E-state index in [9.17, 15) is 8.42 Å². The maximum atomic E-state index is 11.4. The fourth-order valence-electron chi connectivity index (χ4n) is 1.14. The van der Waals surface area contributed by atoms with Crippen LogP contribution in [0.5, 0.6) is 0 Å². The van der Waals surface area contributed by atoms with Gasteiger partial charge < -0.3 is 5.11 Å². The normalized spacial score (nSPS) is 21.9. The maximum absolute atomic E-state index is 11.4. The van der Waals surface area contributed by atoms with Crippen molar-refractivity contribution in [1.82, 2.24) is 4.31 Å². The number of hydrogen-bond donors (Lipinski definition) is 1. The minimum absolute atomic E-state index is 0.00690. The molecule has 0 aliphatic carbocycles. The Morgan fingerprint density at radius 3 is 2.62 bits per heavy atom. The van der Waals surface area contributed by atoms with Crippen LogP contribution in [-0.2, 0) is 10.0 Å². The van der Waals surface area contributed by atoms with E-state index in [0.717, 1.165) is 0 Å². The molecule has 1 fully saturated rings. The molecule has 1 aliphatic rings. The van der Waals surface area contributed by atoms with E-state index in [1.165, 1.54) is 11.2 Å². The smallest absolute Gasteiger partial charge is 0.230 e. The molecule has 13 heavy (non-hydrogen) atoms. The van der Waals surface area contributed by atoms with Gasteiger partial charge in [0.1, 0.15) is 0 Å². The summed E-state index contributed by atoms with van der Waals surface area (Å²) in [5.41, 5.74) is 0. The molecule has 1 N–H and O–H groups in total. The zero-order valence-corrected chi connectivity index (χ0v) is 8.16. The lowest BCUT2D eigenvalue weighted by Crippen LogP contribution is -2.53. The second kappa shape index (κ2) is 3.62. The number of rotatable bonds is 3. The van der Waals surface area contributed by atoms with Crippen LogP contribution in [0.4, 0.5) is 0 Å². The molecule has 1 heterocycles. The number of hydrogen-bond acceptors (Lipinski definition) is 4. The molecule has 1 atom stereocenters. The van der Waals surface area contributed by atoms with Gasteiger partial charge in [-0.15, -0.1) is 0 Å². The highest BCUT2D eigenvalue weighted by atomic mass is 32.2. The van der Waals surface area contributed by atoms with Crippen LogP contribution in [0.2, 0.25) is 0 Å². The van der Waals surface area contributed by atoms with Gasteiger partial charge in [0.05, 0.1) is 6.07 Å². The summed E-state index contributed by atoms with van der Waals surface area (Å²) in [6.45, 7) is 2.05. The summed E-state index contributed by atoms with van der Waals surface area (Å²) in [5, 5.41) is 16.1. The summed E-state index contributed by atoms with van der Waals surface area (Å²) < 4.78 is 24.1. The van der Waals surface area contributed by atoms with Crippen molar-refractivity contribution in [3.63, 3.8) is 0 Å². The van der Waals surface area contributed by atoms with Crippen molar-refractivity contribution in [3.05, 3.63) is 0 Å². The molecule has 0 radical (unpaired) electrons. The van der Waals surface area contributed by atoms with Crippen LogP contribution in [-0.4, -0.2) is 42.8 Å². The average Bonchev–Trinajstić information content (AvgIpc) is 2.00. The molecular formula is C7H12N2O3S. The maximum Gasteiger partial charge on any atom is 0.230 e. The number of aliphatic hydroxyl groups excluding tert-OH is 1. The molecule has 74 valence electrons. The number of aliphatic hydroxyl groups is 1. The predicted octanol–water partition coefficient (Wildman–Crippen LogP) is -0.848. The monoisotopic (exact) mass is 204 g/mol. The summed E-state index contributed by atoms with van der Waals surface area (Å²) in [6.07, 6.45) is 0. The van der Waals surface area contributed by atoms with Crippen molar-refractivity contribution in [2.75, 3.05) is 19.7 Å². The molecule has 5 nitrogen and oxygen atoms in total. The van der Waals surface area contributed by atoms with Crippen molar-refractivity contribution in [2.24, 2.45) is 5.92 Å². The van der Waals surface area contributed by atoms with E-state index >= 15 is 0 Å². The summed E-state index contributed by atoms with van der Waals surface area (Å²) in [6, 6.07) is 1.70. The van der Waals surface area contributed by atoms with Gasteiger partial charge in [-0.05, 0) is 6.92 Å². The molecule has 1 unspecified atom stereocenters. The quantitative estimate of drug-likeness (QED) is 0.649. The van der Waals surface area contributed by atoms with E-state index < -0.39 is 15.3 Å². The Bertz CT molecular complexity index is 313. The molecule has 0 amide bonds. The van der Waals surface area contributed by atoms with Gasteiger partial charge in [0.2, 0.25) is 10.0 Å². The lowest BCUT2D eigenvalue weighted by atomic mass is 10.1. The molecule has 1 saturated heterocycles. The van der Waals surface area contributed by atoms with Crippen LogP contribution < -0.4 is 0 Å². The van der Waals surface area contributed by atoms with Crippen LogP contribution in [0.3, 0.4) is 0 Å². The molecule has 0 aromatic rings. The summed E-state index contributed by atoms with van der Waals surface area (Å²) >= 11 is 0. The first-order valence-corrected chi connectivity index (χ1v) is 5.52. The van der Waals surface area contributed by atoms with Gasteiger partial charge in [-0.2, -0.15) is 9.57 Å². The Labute approximate surface area is 77.6 Å². The van der Waals surface area contributed by atoms with E-state index in [-0.39, 0.29) is 12.5 Å². The Kier molecular flexibility index (Phi) is 2.91. The van der Waals surface area contributed by atoms with Crippen LogP contribution in [0.25, 0.3) is 0 Å². The van der Waals surface area contributed by atoms with Crippen LogP contribution in [0.15, 0.2) is 0 Å². The highest BCUT2D eigenvalue weighted by Crippen LogP contribution is 2.21. The Hall–Kier alpha value is -0.640. The second-order valence-electron chi connectivity index (χ2n) is 3.18. The van der Waals surface area contributed by atoms with Gasteiger partial charge in [-0.1, -0.05) is 0 Å². The topological polar surface area (TPSA) is 81.4 Å². The first-order chi connectivity index (χ1) is 6.02. The lowest BCUT2D eigenvalue weighted by molar-refractivity contribution is 0.117. The van der Waals surface area contributed by atoms with E-state index in [2.05, 4.69) is 0 Å². The van der Waals surface area contributed by atoms with Crippen molar-refractivity contribution >= 4 is 10.0 Å². The third-order valence-electron chi connectivity index (χ3n) is 2.17. The van der Waals surface area contributed by atoms with Crippen LogP contribution in [0.1, 0.15) is 6.92 Å². The molecule has 0 aromatic heterocycles. The minimum Gasteiger partial charge on any atom is -0.396 e. The van der Waals surface area contributed by atoms with Crippen LogP contribution in [0, 0.1) is 17.2 Å². The van der Waals surface area contributed by atoms with E-state index in [4.69, 9.17) is 10.4 Å². The molecule has 0 aromatic carbocycles. The molecule has 6 heteroatoms. The average molecular weight is 204 g/mol. The largest absolute Gasteiger partial charge is 0.396 e. The first-order valence-electron chi connectivity index (χ1n) is 4.01. The van der Waals surface area contributed by atoms with Gasteiger partial charge in [0.25, 0.3) is 0 Å². The molecular weight excluding hydrogens is 192 g/mol.